The van der Waals surface area contributed by atoms with E-state index in [9.17, 15) is 39.6 Å². The van der Waals surface area contributed by atoms with Gasteiger partial charge in [-0.2, -0.15) is 0 Å². The summed E-state index contributed by atoms with van der Waals surface area (Å²) in [5, 5.41) is 39.3. The topological polar surface area (TPSA) is 174 Å². The van der Waals surface area contributed by atoms with Gasteiger partial charge in [-0.15, -0.1) is 0 Å². The van der Waals surface area contributed by atoms with E-state index >= 15 is 0 Å². The highest BCUT2D eigenvalue weighted by Gasteiger charge is 2.32. The van der Waals surface area contributed by atoms with Crippen molar-refractivity contribution in [3.05, 3.63) is 69.7 Å². The van der Waals surface area contributed by atoms with Crippen LogP contribution in [0.5, 0.6) is 0 Å². The van der Waals surface area contributed by atoms with E-state index in [1.54, 1.807) is 48.5 Å². The second-order valence-corrected chi connectivity index (χ2v) is 9.59. The molecule has 0 aliphatic heterocycles. The Kier molecular flexibility index (Phi) is 13.8. The van der Waals surface area contributed by atoms with Crippen LogP contribution in [0.4, 0.5) is 0 Å². The molecule has 0 aliphatic rings. The maximum atomic E-state index is 12.0. The minimum absolute atomic E-state index is 0.0407. The lowest BCUT2D eigenvalue weighted by Gasteiger charge is -2.32. The maximum Gasteiger partial charge on any atom is 0.323 e. The molecule has 2 atom stereocenters. The number of hydrogen-bond donors (Lipinski definition) is 4. The average Bonchev–Trinajstić information content (AvgIpc) is 2.88. The molecule has 2 aromatic carbocycles. The summed E-state index contributed by atoms with van der Waals surface area (Å²) in [6.45, 7) is -2.63. The van der Waals surface area contributed by atoms with Crippen molar-refractivity contribution in [3.8, 4) is 0 Å². The van der Waals surface area contributed by atoms with E-state index in [1.165, 1.54) is 0 Å². The van der Waals surface area contributed by atoms with Crippen LogP contribution >= 0.6 is 23.2 Å². The molecule has 4 N–H and O–H groups in total. The lowest BCUT2D eigenvalue weighted by atomic mass is 10.2. The molecule has 0 radical (unpaired) electrons. The summed E-state index contributed by atoms with van der Waals surface area (Å²) in [4.78, 5) is 49.2. The number of hydrogen-bond acceptors (Lipinski definition) is 8. The summed E-state index contributed by atoms with van der Waals surface area (Å²) in [5.74, 6) is -5.36. The van der Waals surface area contributed by atoms with Gasteiger partial charge in [0, 0.05) is 23.1 Å². The molecule has 218 valence electrons. The summed E-state index contributed by atoms with van der Waals surface area (Å²) in [6.07, 6.45) is 0. The van der Waals surface area contributed by atoms with Gasteiger partial charge < -0.3 is 29.9 Å². The minimum Gasteiger partial charge on any atom is -0.480 e. The number of rotatable bonds is 19. The highest BCUT2D eigenvalue weighted by molar-refractivity contribution is 6.30. The molecule has 0 bridgehead atoms. The number of nitrogens with zero attached hydrogens (tertiary/aromatic N) is 2. The van der Waals surface area contributed by atoms with Crippen LogP contribution in [0.3, 0.4) is 0 Å². The number of carbonyl (C=O) groups is 4. The number of carboxylic acids is 4. The van der Waals surface area contributed by atoms with E-state index in [1.807, 2.05) is 0 Å². The zero-order valence-electron chi connectivity index (χ0n) is 21.3. The van der Waals surface area contributed by atoms with Crippen LogP contribution in [0.25, 0.3) is 0 Å². The second-order valence-electron chi connectivity index (χ2n) is 8.72. The predicted molar refractivity (Wildman–Crippen MR) is 143 cm³/mol. The Balaban J connectivity index is 2.09. The Morgan fingerprint density at radius 3 is 1.23 bits per heavy atom. The molecular weight excluding hydrogens is 571 g/mol. The Hall–Kier alpha value is -3.26. The molecule has 0 saturated carbocycles. The lowest BCUT2D eigenvalue weighted by Crippen LogP contribution is -2.53. The third kappa shape index (κ3) is 11.9. The number of halogens is 2. The molecule has 2 rings (SSSR count). The molecule has 0 aliphatic carbocycles. The number of aliphatic carboxylic acids is 4. The van der Waals surface area contributed by atoms with E-state index in [4.69, 9.17) is 32.7 Å². The summed E-state index contributed by atoms with van der Waals surface area (Å²) < 4.78 is 11.0. The van der Waals surface area contributed by atoms with Crippen LogP contribution in [0.2, 0.25) is 10.0 Å². The molecule has 0 fully saturated rings. The summed E-state index contributed by atoms with van der Waals surface area (Å²) in [6, 6.07) is 10.5. The van der Waals surface area contributed by atoms with E-state index in [0.29, 0.717) is 21.2 Å². The first-order chi connectivity index (χ1) is 19.0. The van der Waals surface area contributed by atoms with Gasteiger partial charge in [-0.05, 0) is 35.4 Å². The zero-order valence-corrected chi connectivity index (χ0v) is 22.8. The molecule has 14 heteroatoms. The molecule has 0 saturated heterocycles. The summed E-state index contributed by atoms with van der Waals surface area (Å²) in [7, 11) is 0. The quantitative estimate of drug-likeness (QED) is 0.185. The van der Waals surface area contributed by atoms with Gasteiger partial charge >= 0.3 is 23.9 Å². The molecule has 0 spiro atoms. The molecular formula is C26H30Cl2N2O10. The van der Waals surface area contributed by atoms with Crippen molar-refractivity contribution in [2.45, 2.75) is 25.3 Å². The highest BCUT2D eigenvalue weighted by Crippen LogP contribution is 2.13. The standard InChI is InChI=1S/C26H30Cl2N2O10/c27-19-5-1-17(2-6-19)13-39-15-21(25(35)36)29(11-23(31)32)9-10-30(12-24(33)34)22(26(37)38)16-40-14-18-3-7-20(28)8-4-18/h1-8,21-22H,9-16H2,(H,31,32)(H,33,34)(H,35,36)(H,37,38). The van der Waals surface area contributed by atoms with E-state index in [-0.39, 0.29) is 39.5 Å². The van der Waals surface area contributed by atoms with Gasteiger partial charge in [0.05, 0.1) is 39.5 Å². The van der Waals surface area contributed by atoms with Crippen molar-refractivity contribution in [1.82, 2.24) is 9.80 Å². The van der Waals surface area contributed by atoms with Crippen molar-refractivity contribution < 1.29 is 49.1 Å². The fraction of sp³-hybridized carbons (Fsp3) is 0.385. The van der Waals surface area contributed by atoms with Gasteiger partial charge in [0.15, 0.2) is 0 Å². The molecule has 0 heterocycles. The Labute approximate surface area is 240 Å². The molecule has 2 aromatic rings. The predicted octanol–water partition coefficient (Wildman–Crippen LogP) is 2.41. The monoisotopic (exact) mass is 600 g/mol. The van der Waals surface area contributed by atoms with Gasteiger partial charge in [0.1, 0.15) is 12.1 Å². The van der Waals surface area contributed by atoms with Crippen LogP contribution in [0.1, 0.15) is 11.1 Å². The number of ether oxygens (including phenoxy) is 2. The summed E-state index contributed by atoms with van der Waals surface area (Å²) >= 11 is 11.7. The van der Waals surface area contributed by atoms with Crippen molar-refractivity contribution in [1.29, 1.82) is 0 Å². The minimum atomic E-state index is -1.40. The van der Waals surface area contributed by atoms with Crippen molar-refractivity contribution in [3.63, 3.8) is 0 Å². The average molecular weight is 601 g/mol. The normalized spacial score (nSPS) is 12.8. The first kappa shape index (κ1) is 32.9. The van der Waals surface area contributed by atoms with Crippen LogP contribution < -0.4 is 0 Å². The third-order valence-corrected chi connectivity index (χ3v) is 6.22. The first-order valence-electron chi connectivity index (χ1n) is 12.0. The van der Waals surface area contributed by atoms with Gasteiger partial charge in [-0.25, -0.2) is 0 Å². The van der Waals surface area contributed by atoms with E-state index in [2.05, 4.69) is 0 Å². The molecule has 0 amide bonds. The Bertz CT molecular complexity index is 1040. The largest absolute Gasteiger partial charge is 0.480 e. The zero-order chi connectivity index (χ0) is 29.7. The van der Waals surface area contributed by atoms with Crippen LogP contribution in [-0.2, 0) is 41.9 Å². The van der Waals surface area contributed by atoms with E-state index in [0.717, 1.165) is 9.80 Å². The van der Waals surface area contributed by atoms with Crippen LogP contribution in [0.15, 0.2) is 48.5 Å². The van der Waals surface area contributed by atoms with Gasteiger partial charge in [0.25, 0.3) is 0 Å². The molecule has 12 nitrogen and oxygen atoms in total. The van der Waals surface area contributed by atoms with E-state index < -0.39 is 49.1 Å². The van der Waals surface area contributed by atoms with Crippen LogP contribution in [-0.4, -0.2) is 106 Å². The fourth-order valence-corrected chi connectivity index (χ4v) is 3.95. The van der Waals surface area contributed by atoms with Gasteiger partial charge in [-0.1, -0.05) is 47.5 Å². The van der Waals surface area contributed by atoms with Crippen molar-refractivity contribution in [2.24, 2.45) is 0 Å². The number of benzene rings is 2. The number of carboxylic acid groups (broad SMARTS) is 4. The SMILES string of the molecule is O=C(O)CN(CCN(CC(=O)O)C(COCc1ccc(Cl)cc1)C(=O)O)C(COCc1ccc(Cl)cc1)C(=O)O. The second kappa shape index (κ2) is 16.8. The fourth-order valence-electron chi connectivity index (χ4n) is 3.70. The maximum absolute atomic E-state index is 12.0. The van der Waals surface area contributed by atoms with Crippen molar-refractivity contribution in [2.75, 3.05) is 39.4 Å². The van der Waals surface area contributed by atoms with Gasteiger partial charge in [-0.3, -0.25) is 29.0 Å². The van der Waals surface area contributed by atoms with Gasteiger partial charge in [0.2, 0.25) is 0 Å². The van der Waals surface area contributed by atoms with Crippen LogP contribution in [0, 0.1) is 0 Å². The summed E-state index contributed by atoms with van der Waals surface area (Å²) in [5.41, 5.74) is 1.43. The highest BCUT2D eigenvalue weighted by atomic mass is 35.5. The Morgan fingerprint density at radius 2 is 0.950 bits per heavy atom. The Morgan fingerprint density at radius 1 is 0.625 bits per heavy atom. The molecule has 0 aromatic heterocycles. The molecule has 2 unspecified atom stereocenters. The first-order valence-corrected chi connectivity index (χ1v) is 12.7. The van der Waals surface area contributed by atoms with Crippen molar-refractivity contribution >= 4 is 47.1 Å². The lowest BCUT2D eigenvalue weighted by molar-refractivity contribution is -0.153. The molecule has 40 heavy (non-hydrogen) atoms. The smallest absolute Gasteiger partial charge is 0.323 e. The third-order valence-electron chi connectivity index (χ3n) is 5.72.